The number of nitrogens with two attached hydrogens (primary N) is 1. The van der Waals surface area contributed by atoms with Gasteiger partial charge in [-0.2, -0.15) is 0 Å². The largest absolute Gasteiger partial charge is 0.379 e. The van der Waals surface area contributed by atoms with Crippen molar-refractivity contribution in [2.75, 3.05) is 0 Å². The van der Waals surface area contributed by atoms with E-state index in [1.807, 2.05) is 0 Å². The van der Waals surface area contributed by atoms with Gasteiger partial charge < -0.3 is 15.9 Å². The Balaban J connectivity index is 4.78. The second-order valence-electron chi connectivity index (χ2n) is 6.75. The van der Waals surface area contributed by atoms with E-state index < -0.39 is 29.2 Å². The van der Waals surface area contributed by atoms with Crippen LogP contribution in [0.15, 0.2) is 0 Å². The topological polar surface area (TPSA) is 118 Å². The van der Waals surface area contributed by atoms with Gasteiger partial charge in [0.05, 0.1) is 0 Å². The van der Waals surface area contributed by atoms with Crippen molar-refractivity contribution in [1.82, 2.24) is 0 Å². The first kappa shape index (κ1) is 23.7. The summed E-state index contributed by atoms with van der Waals surface area (Å²) in [5.41, 5.74) is 2.33. The first-order valence-corrected chi connectivity index (χ1v) is 9.58. The van der Waals surface area contributed by atoms with Gasteiger partial charge in [0, 0.05) is 12.8 Å². The summed E-state index contributed by atoms with van der Waals surface area (Å²) in [5.74, 6) is -2.89. The van der Waals surface area contributed by atoms with E-state index in [1.165, 1.54) is 0 Å². The van der Waals surface area contributed by atoms with Gasteiger partial charge in [-0.25, -0.2) is 0 Å². The van der Waals surface area contributed by atoms with E-state index in [0.717, 1.165) is 51.4 Å². The van der Waals surface area contributed by atoms with E-state index in [-0.39, 0.29) is 12.8 Å². The van der Waals surface area contributed by atoms with Crippen LogP contribution < -0.4 is 5.73 Å². The molecule has 6 heteroatoms. The van der Waals surface area contributed by atoms with E-state index in [4.69, 9.17) is 5.73 Å². The molecule has 146 valence electrons. The van der Waals surface area contributed by atoms with Gasteiger partial charge >= 0.3 is 0 Å². The fourth-order valence-corrected chi connectivity index (χ4v) is 2.83. The number of unbranched alkanes of at least 4 members (excludes halogenated alkanes) is 8. The summed E-state index contributed by atoms with van der Waals surface area (Å²) in [6, 6.07) is 0. The highest BCUT2D eigenvalue weighted by Gasteiger charge is 2.51. The van der Waals surface area contributed by atoms with Crippen molar-refractivity contribution in [1.29, 1.82) is 0 Å². The van der Waals surface area contributed by atoms with E-state index in [2.05, 4.69) is 13.8 Å². The van der Waals surface area contributed by atoms with Crippen LogP contribution in [-0.2, 0) is 14.4 Å². The second-order valence-corrected chi connectivity index (χ2v) is 6.75. The lowest BCUT2D eigenvalue weighted by Crippen LogP contribution is -2.60. The molecule has 0 heterocycles. The molecule has 0 aliphatic heterocycles. The summed E-state index contributed by atoms with van der Waals surface area (Å²) in [7, 11) is 0. The predicted octanol–water partition coefficient (Wildman–Crippen LogP) is 2.42. The molecule has 6 nitrogen and oxygen atoms in total. The number of amides is 1. The number of Topliss-reactive ketones (excluding diaryl/α,β-unsaturated/α-hetero) is 2. The zero-order valence-corrected chi connectivity index (χ0v) is 15.8. The lowest BCUT2D eigenvalue weighted by atomic mass is 9.82. The van der Waals surface area contributed by atoms with Gasteiger partial charge in [-0.3, -0.25) is 14.4 Å². The zero-order chi connectivity index (χ0) is 19.3. The van der Waals surface area contributed by atoms with Gasteiger partial charge in [-0.15, -0.1) is 0 Å². The third-order valence-corrected chi connectivity index (χ3v) is 4.53. The molecular formula is C19H35NO5. The average Bonchev–Trinajstić information content (AvgIpc) is 2.59. The van der Waals surface area contributed by atoms with Crippen LogP contribution in [0.5, 0.6) is 0 Å². The van der Waals surface area contributed by atoms with E-state index in [0.29, 0.717) is 12.8 Å². The molecule has 0 radical (unpaired) electrons. The number of hydrogen-bond donors (Lipinski definition) is 3. The Labute approximate surface area is 151 Å². The molecule has 1 unspecified atom stereocenters. The van der Waals surface area contributed by atoms with Crippen LogP contribution in [0.4, 0.5) is 0 Å². The van der Waals surface area contributed by atoms with Crippen LogP contribution in [0.25, 0.3) is 0 Å². The zero-order valence-electron chi connectivity index (χ0n) is 15.8. The first-order chi connectivity index (χ1) is 11.8. The van der Waals surface area contributed by atoms with Crippen LogP contribution in [0.1, 0.15) is 90.9 Å². The van der Waals surface area contributed by atoms with Gasteiger partial charge in [0.15, 0.2) is 17.7 Å². The maximum absolute atomic E-state index is 12.4. The summed E-state index contributed by atoms with van der Waals surface area (Å²) in [5, 5.41) is 20.4. The minimum absolute atomic E-state index is 0.0495. The molecule has 0 aromatic carbocycles. The molecule has 0 aromatic rings. The highest BCUT2D eigenvalue weighted by molar-refractivity contribution is 6.14. The smallest absolute Gasteiger partial charge is 0.250 e. The van der Waals surface area contributed by atoms with Crippen LogP contribution in [-0.4, -0.2) is 39.4 Å². The van der Waals surface area contributed by atoms with Gasteiger partial charge in [0.25, 0.3) is 0 Å². The number of hydrogen-bond acceptors (Lipinski definition) is 5. The number of aliphatic hydroxyl groups excluding tert-OH is 1. The molecule has 0 spiro atoms. The van der Waals surface area contributed by atoms with Crippen molar-refractivity contribution < 1.29 is 24.6 Å². The molecule has 0 saturated carbocycles. The van der Waals surface area contributed by atoms with Crippen molar-refractivity contribution in [2.24, 2.45) is 5.73 Å². The SMILES string of the molecule is CCCCCCCC(=O)C(O)(C(=O)CCCCCCC)C(O)C(N)=O. The predicted molar refractivity (Wildman–Crippen MR) is 96.9 cm³/mol. The number of aliphatic hydroxyl groups is 2. The van der Waals surface area contributed by atoms with Crippen LogP contribution in [0.2, 0.25) is 0 Å². The number of rotatable bonds is 16. The van der Waals surface area contributed by atoms with Crippen LogP contribution in [0.3, 0.4) is 0 Å². The highest BCUT2D eigenvalue weighted by Crippen LogP contribution is 2.22. The summed E-state index contributed by atoms with van der Waals surface area (Å²) in [6.45, 7) is 4.15. The summed E-state index contributed by atoms with van der Waals surface area (Å²) in [6.07, 6.45) is 6.49. The molecule has 0 bridgehead atoms. The quantitative estimate of drug-likeness (QED) is 0.290. The van der Waals surface area contributed by atoms with Crippen molar-refractivity contribution in [2.45, 2.75) is 103 Å². The molecule has 1 atom stereocenters. The average molecular weight is 357 g/mol. The first-order valence-electron chi connectivity index (χ1n) is 9.58. The standard InChI is InChI=1S/C19H35NO5/c1-3-5-7-9-11-13-15(21)19(25,17(23)18(20)24)16(22)14-12-10-8-6-4-2/h17,23,25H,3-14H2,1-2H3,(H2,20,24). The summed E-state index contributed by atoms with van der Waals surface area (Å²) >= 11 is 0. The Bertz CT molecular complexity index is 396. The maximum atomic E-state index is 12.4. The lowest BCUT2D eigenvalue weighted by molar-refractivity contribution is -0.168. The number of carbonyl (C=O) groups is 3. The minimum Gasteiger partial charge on any atom is -0.379 e. The fraction of sp³-hybridized carbons (Fsp3) is 0.842. The third-order valence-electron chi connectivity index (χ3n) is 4.53. The Morgan fingerprint density at radius 1 is 0.800 bits per heavy atom. The normalized spacial score (nSPS) is 12.8. The Kier molecular flexibility index (Phi) is 12.3. The molecule has 0 rings (SSSR count). The molecule has 4 N–H and O–H groups in total. The Morgan fingerprint density at radius 3 is 1.48 bits per heavy atom. The number of carbonyl (C=O) groups excluding carboxylic acids is 3. The monoisotopic (exact) mass is 357 g/mol. The van der Waals surface area contributed by atoms with Crippen LogP contribution >= 0.6 is 0 Å². The van der Waals surface area contributed by atoms with Crippen molar-refractivity contribution in [3.05, 3.63) is 0 Å². The summed E-state index contributed by atoms with van der Waals surface area (Å²) < 4.78 is 0. The molecule has 0 aliphatic rings. The van der Waals surface area contributed by atoms with Crippen molar-refractivity contribution in [3.8, 4) is 0 Å². The van der Waals surface area contributed by atoms with Gasteiger partial charge in [0.2, 0.25) is 11.5 Å². The van der Waals surface area contributed by atoms with E-state index >= 15 is 0 Å². The maximum Gasteiger partial charge on any atom is 0.250 e. The Hall–Kier alpha value is -1.27. The molecule has 0 aromatic heterocycles. The minimum atomic E-state index is -2.71. The molecule has 25 heavy (non-hydrogen) atoms. The van der Waals surface area contributed by atoms with Gasteiger partial charge in [-0.05, 0) is 12.8 Å². The molecular weight excluding hydrogens is 322 g/mol. The van der Waals surface area contributed by atoms with Crippen molar-refractivity contribution in [3.63, 3.8) is 0 Å². The van der Waals surface area contributed by atoms with Crippen molar-refractivity contribution >= 4 is 17.5 Å². The van der Waals surface area contributed by atoms with Gasteiger partial charge in [0.1, 0.15) is 0 Å². The number of primary amides is 1. The molecule has 0 fully saturated rings. The second kappa shape index (κ2) is 13.0. The highest BCUT2D eigenvalue weighted by atomic mass is 16.4. The third kappa shape index (κ3) is 8.10. The Morgan fingerprint density at radius 2 is 1.16 bits per heavy atom. The van der Waals surface area contributed by atoms with E-state index in [1.54, 1.807) is 0 Å². The van der Waals surface area contributed by atoms with Crippen LogP contribution in [0, 0.1) is 0 Å². The lowest BCUT2D eigenvalue weighted by Gasteiger charge is -2.28. The van der Waals surface area contributed by atoms with E-state index in [9.17, 15) is 24.6 Å². The summed E-state index contributed by atoms with van der Waals surface area (Å²) in [4.78, 5) is 36.1. The molecule has 0 aliphatic carbocycles. The molecule has 0 saturated heterocycles. The van der Waals surface area contributed by atoms with Gasteiger partial charge in [-0.1, -0.05) is 65.2 Å². The molecule has 1 amide bonds. The fourth-order valence-electron chi connectivity index (χ4n) is 2.83. The number of ketones is 2.